The van der Waals surface area contributed by atoms with Crippen LogP contribution in [0.3, 0.4) is 0 Å². The lowest BCUT2D eigenvalue weighted by molar-refractivity contribution is -0.120. The van der Waals surface area contributed by atoms with E-state index in [1.807, 2.05) is 30.3 Å². The molecule has 0 radical (unpaired) electrons. The lowest BCUT2D eigenvalue weighted by Crippen LogP contribution is -2.19. The van der Waals surface area contributed by atoms with Gasteiger partial charge in [-0.3, -0.25) is 4.79 Å². The number of para-hydroxylation sites is 1. The SMILES string of the molecule is COc1cc(C(=O)Oc2ccccc2/C=N/NC(=O)Cc2ccccc2)cc(OC)c1OC. The normalized spacial score (nSPS) is 10.5. The van der Waals surface area contributed by atoms with E-state index in [4.69, 9.17) is 18.9 Å². The summed E-state index contributed by atoms with van der Waals surface area (Å²) in [6.07, 6.45) is 1.62. The van der Waals surface area contributed by atoms with Gasteiger partial charge < -0.3 is 18.9 Å². The van der Waals surface area contributed by atoms with Crippen molar-refractivity contribution in [3.63, 3.8) is 0 Å². The molecule has 0 unspecified atom stereocenters. The number of carbonyl (C=O) groups excluding carboxylic acids is 2. The van der Waals surface area contributed by atoms with Crippen LogP contribution in [0.15, 0.2) is 71.8 Å². The van der Waals surface area contributed by atoms with Crippen LogP contribution in [0.25, 0.3) is 0 Å². The van der Waals surface area contributed by atoms with Crippen LogP contribution in [0, 0.1) is 0 Å². The largest absolute Gasteiger partial charge is 0.493 e. The molecule has 0 saturated heterocycles. The quantitative estimate of drug-likeness (QED) is 0.233. The highest BCUT2D eigenvalue weighted by Gasteiger charge is 2.19. The van der Waals surface area contributed by atoms with Crippen molar-refractivity contribution >= 4 is 18.1 Å². The van der Waals surface area contributed by atoms with Gasteiger partial charge in [0, 0.05) is 5.56 Å². The third-order valence-corrected chi connectivity index (χ3v) is 4.62. The maximum absolute atomic E-state index is 12.8. The Morgan fingerprint density at radius 2 is 1.48 bits per heavy atom. The summed E-state index contributed by atoms with van der Waals surface area (Å²) in [5.41, 5.74) is 4.08. The van der Waals surface area contributed by atoms with Gasteiger partial charge in [0.05, 0.1) is 39.5 Å². The first kappa shape index (κ1) is 23.3. The predicted molar refractivity (Wildman–Crippen MR) is 123 cm³/mol. The molecule has 33 heavy (non-hydrogen) atoms. The zero-order valence-electron chi connectivity index (χ0n) is 18.5. The summed E-state index contributed by atoms with van der Waals surface area (Å²) in [4.78, 5) is 24.9. The van der Waals surface area contributed by atoms with Crippen molar-refractivity contribution in [2.24, 2.45) is 5.10 Å². The van der Waals surface area contributed by atoms with Gasteiger partial charge in [-0.15, -0.1) is 0 Å². The van der Waals surface area contributed by atoms with E-state index >= 15 is 0 Å². The first-order valence-electron chi connectivity index (χ1n) is 10.0. The van der Waals surface area contributed by atoms with E-state index in [1.165, 1.54) is 39.7 Å². The summed E-state index contributed by atoms with van der Waals surface area (Å²) in [6, 6.07) is 19.2. The molecule has 0 atom stereocenters. The van der Waals surface area contributed by atoms with Gasteiger partial charge in [-0.25, -0.2) is 10.2 Å². The minimum absolute atomic E-state index is 0.204. The summed E-state index contributed by atoms with van der Waals surface area (Å²) in [7, 11) is 4.40. The second kappa shape index (κ2) is 11.3. The lowest BCUT2D eigenvalue weighted by atomic mass is 10.1. The smallest absolute Gasteiger partial charge is 0.343 e. The van der Waals surface area contributed by atoms with E-state index < -0.39 is 5.97 Å². The lowest BCUT2D eigenvalue weighted by Gasteiger charge is -2.14. The monoisotopic (exact) mass is 448 g/mol. The average Bonchev–Trinajstić information content (AvgIpc) is 2.84. The maximum atomic E-state index is 12.8. The number of hydrazone groups is 1. The number of hydrogen-bond acceptors (Lipinski definition) is 7. The molecule has 0 fully saturated rings. The third-order valence-electron chi connectivity index (χ3n) is 4.62. The van der Waals surface area contributed by atoms with Gasteiger partial charge in [-0.2, -0.15) is 5.10 Å². The molecule has 8 nitrogen and oxygen atoms in total. The van der Waals surface area contributed by atoms with Crippen molar-refractivity contribution in [3.8, 4) is 23.0 Å². The fourth-order valence-corrected chi connectivity index (χ4v) is 3.03. The van der Waals surface area contributed by atoms with Crippen molar-refractivity contribution in [3.05, 3.63) is 83.4 Å². The number of esters is 1. The number of nitrogens with one attached hydrogen (secondary N) is 1. The number of nitrogens with zero attached hydrogens (tertiary/aromatic N) is 1. The van der Waals surface area contributed by atoms with Gasteiger partial charge in [0.25, 0.3) is 0 Å². The highest BCUT2D eigenvalue weighted by Crippen LogP contribution is 2.38. The molecule has 1 N–H and O–H groups in total. The van der Waals surface area contributed by atoms with Crippen molar-refractivity contribution in [1.82, 2.24) is 5.43 Å². The van der Waals surface area contributed by atoms with E-state index in [1.54, 1.807) is 24.3 Å². The molecular formula is C25H24N2O6. The Morgan fingerprint density at radius 3 is 2.12 bits per heavy atom. The fourth-order valence-electron chi connectivity index (χ4n) is 3.03. The molecule has 1 amide bonds. The summed E-state index contributed by atoms with van der Waals surface area (Å²) in [5.74, 6) is 0.430. The highest BCUT2D eigenvalue weighted by atomic mass is 16.5. The van der Waals surface area contributed by atoms with Crippen molar-refractivity contribution in [2.45, 2.75) is 6.42 Å². The van der Waals surface area contributed by atoms with E-state index in [2.05, 4.69) is 10.5 Å². The van der Waals surface area contributed by atoms with Crippen LogP contribution < -0.4 is 24.4 Å². The number of benzene rings is 3. The Hall–Kier alpha value is -4.33. The highest BCUT2D eigenvalue weighted by molar-refractivity contribution is 5.94. The molecule has 0 aliphatic carbocycles. The molecule has 0 spiro atoms. The minimum atomic E-state index is -0.622. The second-order valence-corrected chi connectivity index (χ2v) is 6.80. The fraction of sp³-hybridized carbons (Fsp3) is 0.160. The van der Waals surface area contributed by atoms with Gasteiger partial charge in [-0.05, 0) is 29.8 Å². The molecule has 0 aliphatic heterocycles. The number of amides is 1. The zero-order valence-corrected chi connectivity index (χ0v) is 18.5. The number of ether oxygens (including phenoxy) is 4. The van der Waals surface area contributed by atoms with Gasteiger partial charge in [0.15, 0.2) is 11.5 Å². The summed E-state index contributed by atoms with van der Waals surface area (Å²) < 4.78 is 21.4. The molecule has 0 saturated carbocycles. The van der Waals surface area contributed by atoms with Gasteiger partial charge >= 0.3 is 5.97 Å². The predicted octanol–water partition coefficient (Wildman–Crippen LogP) is 3.62. The van der Waals surface area contributed by atoms with Gasteiger partial charge in [0.1, 0.15) is 5.75 Å². The van der Waals surface area contributed by atoms with Crippen LogP contribution in [0.1, 0.15) is 21.5 Å². The molecule has 8 heteroatoms. The van der Waals surface area contributed by atoms with Crippen LogP contribution in [0.5, 0.6) is 23.0 Å². The van der Waals surface area contributed by atoms with E-state index in [-0.39, 0.29) is 23.6 Å². The van der Waals surface area contributed by atoms with Crippen molar-refractivity contribution < 1.29 is 28.5 Å². The topological polar surface area (TPSA) is 95.5 Å². The Morgan fingerprint density at radius 1 is 0.848 bits per heavy atom. The Kier molecular flexibility index (Phi) is 8.02. The molecule has 170 valence electrons. The molecular weight excluding hydrogens is 424 g/mol. The van der Waals surface area contributed by atoms with Crippen LogP contribution in [-0.4, -0.2) is 39.4 Å². The average molecular weight is 448 g/mol. The first-order chi connectivity index (χ1) is 16.0. The summed E-state index contributed by atoms with van der Waals surface area (Å²) >= 11 is 0. The second-order valence-electron chi connectivity index (χ2n) is 6.80. The number of hydrogen-bond donors (Lipinski definition) is 1. The molecule has 3 rings (SSSR count). The zero-order chi connectivity index (χ0) is 23.6. The maximum Gasteiger partial charge on any atom is 0.343 e. The molecule has 0 aliphatic rings. The van der Waals surface area contributed by atoms with E-state index in [0.717, 1.165) is 5.56 Å². The van der Waals surface area contributed by atoms with Crippen LogP contribution in [-0.2, 0) is 11.2 Å². The third kappa shape index (κ3) is 6.10. The minimum Gasteiger partial charge on any atom is -0.493 e. The molecule has 3 aromatic carbocycles. The van der Waals surface area contributed by atoms with Crippen LogP contribution in [0.2, 0.25) is 0 Å². The number of methoxy groups -OCH3 is 3. The summed E-state index contributed by atoms with van der Waals surface area (Å²) in [6.45, 7) is 0. The Labute approximate surface area is 191 Å². The number of carbonyl (C=O) groups is 2. The molecule has 0 aromatic heterocycles. The molecule has 0 bridgehead atoms. The van der Waals surface area contributed by atoms with E-state index in [0.29, 0.717) is 22.8 Å². The van der Waals surface area contributed by atoms with Crippen LogP contribution >= 0.6 is 0 Å². The molecule has 0 heterocycles. The first-order valence-corrected chi connectivity index (χ1v) is 10.0. The van der Waals surface area contributed by atoms with E-state index in [9.17, 15) is 9.59 Å². The van der Waals surface area contributed by atoms with Gasteiger partial charge in [0.2, 0.25) is 11.7 Å². The number of rotatable bonds is 9. The standard InChI is InChI=1S/C25H24N2O6/c1-30-21-14-19(15-22(31-2)24(21)32-3)25(29)33-20-12-8-7-11-18(20)16-26-27-23(28)13-17-9-5-4-6-10-17/h4-12,14-16H,13H2,1-3H3,(H,27,28)/b26-16+. The van der Waals surface area contributed by atoms with Crippen molar-refractivity contribution in [2.75, 3.05) is 21.3 Å². The summed E-state index contributed by atoms with van der Waals surface area (Å²) in [5, 5.41) is 3.98. The molecule has 3 aromatic rings. The van der Waals surface area contributed by atoms with Gasteiger partial charge in [-0.1, -0.05) is 42.5 Å². The van der Waals surface area contributed by atoms with Crippen LogP contribution in [0.4, 0.5) is 0 Å². The Bertz CT molecular complexity index is 1120. The van der Waals surface area contributed by atoms with Crippen molar-refractivity contribution in [1.29, 1.82) is 0 Å². The Balaban J connectivity index is 1.72.